The summed E-state index contributed by atoms with van der Waals surface area (Å²) >= 11 is 0. The number of primary amides is 1. The average Bonchev–Trinajstić information content (AvgIpc) is 3.27. The lowest BCUT2D eigenvalue weighted by Crippen LogP contribution is -2.36. The fraction of sp³-hybridized carbons (Fsp3) is 0.400. The molecule has 1 unspecified atom stereocenters. The molecule has 0 spiro atoms. The van der Waals surface area contributed by atoms with Crippen molar-refractivity contribution in [2.24, 2.45) is 5.73 Å². The van der Waals surface area contributed by atoms with Crippen molar-refractivity contribution < 1.29 is 9.59 Å². The third-order valence-corrected chi connectivity index (χ3v) is 4.89. The first-order chi connectivity index (χ1) is 13.4. The quantitative estimate of drug-likeness (QED) is 0.623. The summed E-state index contributed by atoms with van der Waals surface area (Å²) in [6, 6.07) is 7.10. The molecule has 0 aliphatic carbocycles. The van der Waals surface area contributed by atoms with Crippen molar-refractivity contribution in [1.29, 1.82) is 0 Å². The molecule has 28 heavy (non-hydrogen) atoms. The zero-order valence-electron chi connectivity index (χ0n) is 16.5. The van der Waals surface area contributed by atoms with Crippen molar-refractivity contribution in [1.82, 2.24) is 24.6 Å². The second-order valence-corrected chi connectivity index (χ2v) is 6.86. The first-order valence-corrected chi connectivity index (χ1v) is 9.52. The van der Waals surface area contributed by atoms with Gasteiger partial charge in [0.1, 0.15) is 5.69 Å². The number of carbonyl (C=O) groups excluding carboxylic acids is 2. The number of fused-ring (bicyclic) bond motifs is 1. The molecule has 3 aromatic rings. The molecule has 0 radical (unpaired) electrons. The molecule has 1 atom stereocenters. The Morgan fingerprint density at radius 1 is 1.25 bits per heavy atom. The van der Waals surface area contributed by atoms with Gasteiger partial charge in [-0.05, 0) is 51.0 Å². The van der Waals surface area contributed by atoms with Gasteiger partial charge in [0.25, 0.3) is 5.91 Å². The molecular weight excluding hydrogens is 356 g/mol. The van der Waals surface area contributed by atoms with Crippen molar-refractivity contribution >= 4 is 22.8 Å². The molecule has 148 valence electrons. The van der Waals surface area contributed by atoms with Crippen LogP contribution in [0.15, 0.2) is 30.6 Å². The molecule has 2 amide bonds. The van der Waals surface area contributed by atoms with Crippen LogP contribution in [0.2, 0.25) is 0 Å². The topological polar surface area (TPSA) is 108 Å². The van der Waals surface area contributed by atoms with Gasteiger partial charge in [-0.3, -0.25) is 14.3 Å². The van der Waals surface area contributed by atoms with Crippen LogP contribution < -0.4 is 11.1 Å². The van der Waals surface area contributed by atoms with E-state index in [1.807, 2.05) is 30.5 Å². The number of benzene rings is 1. The van der Waals surface area contributed by atoms with Crippen LogP contribution in [0.1, 0.15) is 53.2 Å². The molecule has 3 rings (SSSR count). The third-order valence-electron chi connectivity index (χ3n) is 4.89. The van der Waals surface area contributed by atoms with Gasteiger partial charge >= 0.3 is 0 Å². The van der Waals surface area contributed by atoms with E-state index in [2.05, 4.69) is 22.3 Å². The highest BCUT2D eigenvalue weighted by Crippen LogP contribution is 2.16. The highest BCUT2D eigenvalue weighted by Gasteiger charge is 2.17. The maximum atomic E-state index is 12.6. The van der Waals surface area contributed by atoms with Crippen LogP contribution in [0.4, 0.5) is 0 Å². The van der Waals surface area contributed by atoms with Crippen molar-refractivity contribution in [3.63, 3.8) is 0 Å². The van der Waals surface area contributed by atoms with Gasteiger partial charge in [0.2, 0.25) is 5.91 Å². The normalized spacial score (nSPS) is 12.2. The van der Waals surface area contributed by atoms with Gasteiger partial charge in [-0.15, -0.1) is 0 Å². The van der Waals surface area contributed by atoms with Gasteiger partial charge in [0.05, 0.1) is 23.1 Å². The van der Waals surface area contributed by atoms with Crippen LogP contribution in [0.25, 0.3) is 11.0 Å². The van der Waals surface area contributed by atoms with E-state index >= 15 is 0 Å². The van der Waals surface area contributed by atoms with Gasteiger partial charge < -0.3 is 15.6 Å². The van der Waals surface area contributed by atoms with E-state index in [4.69, 9.17) is 5.73 Å². The molecule has 0 aliphatic heterocycles. The molecule has 8 nitrogen and oxygen atoms in total. The summed E-state index contributed by atoms with van der Waals surface area (Å²) < 4.78 is 3.74. The number of aromatic nitrogens is 4. The van der Waals surface area contributed by atoms with Gasteiger partial charge in [0.15, 0.2) is 0 Å². The fourth-order valence-electron chi connectivity index (χ4n) is 3.30. The number of imidazole rings is 1. The second kappa shape index (κ2) is 8.24. The molecule has 1 aromatic carbocycles. The van der Waals surface area contributed by atoms with E-state index in [1.165, 1.54) is 0 Å². The van der Waals surface area contributed by atoms with Crippen LogP contribution >= 0.6 is 0 Å². The molecule has 0 fully saturated rings. The zero-order valence-corrected chi connectivity index (χ0v) is 16.5. The minimum Gasteiger partial charge on any atom is -0.366 e. The molecule has 0 saturated heterocycles. The van der Waals surface area contributed by atoms with E-state index < -0.39 is 5.91 Å². The predicted molar refractivity (Wildman–Crippen MR) is 107 cm³/mol. The highest BCUT2D eigenvalue weighted by atomic mass is 16.2. The summed E-state index contributed by atoms with van der Waals surface area (Å²) in [7, 11) is 0. The summed E-state index contributed by atoms with van der Waals surface area (Å²) in [6.45, 7) is 7.26. The van der Waals surface area contributed by atoms with Crippen LogP contribution in [0.5, 0.6) is 0 Å². The molecular formula is C20H26N6O2. The van der Waals surface area contributed by atoms with Crippen LogP contribution in [0, 0.1) is 6.92 Å². The number of nitrogens with two attached hydrogens (primary N) is 1. The lowest BCUT2D eigenvalue weighted by molar-refractivity contribution is 0.0921. The summed E-state index contributed by atoms with van der Waals surface area (Å²) in [5, 5.41) is 7.44. The largest absolute Gasteiger partial charge is 0.366 e. The fourth-order valence-corrected chi connectivity index (χ4v) is 3.30. The first-order valence-electron chi connectivity index (χ1n) is 9.52. The number of hydrogen-bond acceptors (Lipinski definition) is 4. The standard InChI is InChI=1S/C20H26N6O2/c1-4-15(23-20(28)18-10-13(3)24-26(18)5-2)8-9-25-12-22-16-11-14(19(21)27)6-7-17(16)25/h6-7,10-12,15H,4-5,8-9H2,1-3H3,(H2,21,27)(H,23,28). The monoisotopic (exact) mass is 382 g/mol. The van der Waals surface area contributed by atoms with Crippen LogP contribution in [-0.2, 0) is 13.1 Å². The van der Waals surface area contributed by atoms with Gasteiger partial charge in [0, 0.05) is 24.7 Å². The summed E-state index contributed by atoms with van der Waals surface area (Å²) in [5.74, 6) is -0.567. The molecule has 2 aromatic heterocycles. The van der Waals surface area contributed by atoms with Gasteiger partial charge in [-0.1, -0.05) is 6.92 Å². The maximum Gasteiger partial charge on any atom is 0.269 e. The van der Waals surface area contributed by atoms with E-state index in [0.29, 0.717) is 24.3 Å². The van der Waals surface area contributed by atoms with Crippen molar-refractivity contribution in [3.05, 3.63) is 47.5 Å². The molecule has 2 heterocycles. The van der Waals surface area contributed by atoms with Crippen LogP contribution in [0.3, 0.4) is 0 Å². The number of nitrogens with one attached hydrogen (secondary N) is 1. The van der Waals surface area contributed by atoms with Crippen molar-refractivity contribution in [2.45, 2.75) is 52.7 Å². The number of nitrogens with zero attached hydrogens (tertiary/aromatic N) is 4. The lowest BCUT2D eigenvalue weighted by atomic mass is 10.1. The summed E-state index contributed by atoms with van der Waals surface area (Å²) in [4.78, 5) is 28.3. The lowest BCUT2D eigenvalue weighted by Gasteiger charge is -2.18. The summed E-state index contributed by atoms with van der Waals surface area (Å²) in [5.41, 5.74) is 8.86. The molecule has 8 heteroatoms. The Bertz CT molecular complexity index is 1000. The van der Waals surface area contributed by atoms with Crippen LogP contribution in [-0.4, -0.2) is 37.2 Å². The third kappa shape index (κ3) is 4.05. The number of amides is 2. The predicted octanol–water partition coefficient (Wildman–Crippen LogP) is 2.26. The molecule has 3 N–H and O–H groups in total. The van der Waals surface area contributed by atoms with Gasteiger partial charge in [-0.2, -0.15) is 5.10 Å². The van der Waals surface area contributed by atoms with E-state index in [1.54, 1.807) is 23.1 Å². The second-order valence-electron chi connectivity index (χ2n) is 6.86. The smallest absolute Gasteiger partial charge is 0.269 e. The maximum absolute atomic E-state index is 12.6. The zero-order chi connectivity index (χ0) is 20.3. The first kappa shape index (κ1) is 19.6. The minimum atomic E-state index is -0.466. The summed E-state index contributed by atoms with van der Waals surface area (Å²) in [6.07, 6.45) is 3.34. The number of aryl methyl sites for hydroxylation is 3. The molecule has 0 aliphatic rings. The number of rotatable bonds is 8. The number of hydrogen-bond donors (Lipinski definition) is 2. The van der Waals surface area contributed by atoms with E-state index in [9.17, 15) is 9.59 Å². The minimum absolute atomic E-state index is 0.0374. The SMILES string of the molecule is CCC(CCn1cnc2cc(C(N)=O)ccc21)NC(=O)c1cc(C)nn1CC. The highest BCUT2D eigenvalue weighted by molar-refractivity contribution is 5.96. The Morgan fingerprint density at radius 3 is 2.71 bits per heavy atom. The Kier molecular flexibility index (Phi) is 5.77. The Morgan fingerprint density at radius 2 is 2.04 bits per heavy atom. The average molecular weight is 382 g/mol. The van der Waals surface area contributed by atoms with Gasteiger partial charge in [-0.25, -0.2) is 4.98 Å². The Balaban J connectivity index is 1.67. The Hall–Kier alpha value is -3.16. The molecule has 0 bridgehead atoms. The Labute approximate surface area is 163 Å². The van der Waals surface area contributed by atoms with Crippen molar-refractivity contribution in [3.8, 4) is 0 Å². The van der Waals surface area contributed by atoms with Crippen molar-refractivity contribution in [2.75, 3.05) is 0 Å². The van der Waals surface area contributed by atoms with E-state index in [0.717, 1.165) is 29.6 Å². The van der Waals surface area contributed by atoms with E-state index in [-0.39, 0.29) is 11.9 Å². The number of carbonyl (C=O) groups is 2. The molecule has 0 saturated carbocycles.